The third kappa shape index (κ3) is 4.39. The van der Waals surface area contributed by atoms with Gasteiger partial charge in [0.25, 0.3) is 0 Å². The normalized spacial score (nSPS) is 19.4. The summed E-state index contributed by atoms with van der Waals surface area (Å²) in [7, 11) is 1.20. The van der Waals surface area contributed by atoms with Crippen LogP contribution in [-0.2, 0) is 10.8 Å². The maximum atomic E-state index is 12.4. The Hall–Kier alpha value is -1.79. The van der Waals surface area contributed by atoms with Crippen LogP contribution in [0.15, 0.2) is 53.6 Å². The first-order chi connectivity index (χ1) is 11.7. The lowest BCUT2D eigenvalue weighted by molar-refractivity contribution is 0.226. The van der Waals surface area contributed by atoms with Gasteiger partial charge in [-0.15, -0.1) is 5.10 Å². The van der Waals surface area contributed by atoms with Crippen LogP contribution in [0.3, 0.4) is 0 Å². The zero-order chi connectivity index (χ0) is 16.8. The number of anilines is 1. The van der Waals surface area contributed by atoms with Crippen molar-refractivity contribution >= 4 is 16.6 Å². The van der Waals surface area contributed by atoms with Crippen molar-refractivity contribution in [2.24, 2.45) is 0 Å². The molecule has 1 aromatic heterocycles. The molecule has 1 aromatic carbocycles. The van der Waals surface area contributed by atoms with E-state index in [9.17, 15) is 4.21 Å². The molecule has 0 N–H and O–H groups in total. The zero-order valence-electron chi connectivity index (χ0n) is 14.0. The Morgan fingerprint density at radius 3 is 2.83 bits per heavy atom. The van der Waals surface area contributed by atoms with Crippen LogP contribution in [0.4, 0.5) is 5.82 Å². The molecule has 2 aromatic rings. The molecule has 0 saturated carbocycles. The van der Waals surface area contributed by atoms with Crippen molar-refractivity contribution in [2.75, 3.05) is 37.3 Å². The molecule has 0 unspecified atom stereocenters. The average molecular weight is 344 g/mol. The molecule has 0 bridgehead atoms. The molecule has 2 atom stereocenters. The highest BCUT2D eigenvalue weighted by Crippen LogP contribution is 2.19. The summed E-state index contributed by atoms with van der Waals surface area (Å²) < 4.78 is 12.4. The van der Waals surface area contributed by atoms with Gasteiger partial charge in [-0.05, 0) is 44.2 Å². The van der Waals surface area contributed by atoms with Crippen LogP contribution in [0, 0.1) is 0 Å². The van der Waals surface area contributed by atoms with Crippen LogP contribution in [0.25, 0.3) is 0 Å². The zero-order valence-corrected chi connectivity index (χ0v) is 14.9. The van der Waals surface area contributed by atoms with Crippen molar-refractivity contribution in [3.05, 3.63) is 48.7 Å². The van der Waals surface area contributed by atoms with Crippen LogP contribution < -0.4 is 4.90 Å². The minimum Gasteiger partial charge on any atom is -0.354 e. The Morgan fingerprint density at radius 1 is 1.25 bits per heavy atom. The maximum Gasteiger partial charge on any atom is 0.151 e. The van der Waals surface area contributed by atoms with Gasteiger partial charge in [0.1, 0.15) is 0 Å². The molecule has 0 spiro atoms. The van der Waals surface area contributed by atoms with E-state index >= 15 is 0 Å². The van der Waals surface area contributed by atoms with Gasteiger partial charge >= 0.3 is 0 Å². The number of likely N-dealkylation sites (N-methyl/N-ethyl adjacent to an activating group) is 1. The first-order valence-corrected chi connectivity index (χ1v) is 9.72. The van der Waals surface area contributed by atoms with Gasteiger partial charge in [-0.25, -0.2) is 0 Å². The van der Waals surface area contributed by atoms with E-state index in [1.807, 2.05) is 42.5 Å². The van der Waals surface area contributed by atoms with Crippen molar-refractivity contribution in [1.82, 2.24) is 15.1 Å². The molecule has 128 valence electrons. The molecule has 3 rings (SSSR count). The highest BCUT2D eigenvalue weighted by Gasteiger charge is 2.24. The van der Waals surface area contributed by atoms with Gasteiger partial charge in [-0.1, -0.05) is 18.2 Å². The van der Waals surface area contributed by atoms with E-state index in [0.717, 1.165) is 36.8 Å². The van der Waals surface area contributed by atoms with Gasteiger partial charge in [0.15, 0.2) is 5.82 Å². The van der Waals surface area contributed by atoms with E-state index in [1.165, 1.54) is 6.42 Å². The third-order valence-corrected chi connectivity index (χ3v) is 5.89. The number of hydrogen-bond donors (Lipinski definition) is 0. The molecule has 1 saturated heterocycles. The monoisotopic (exact) mass is 344 g/mol. The van der Waals surface area contributed by atoms with E-state index in [0.29, 0.717) is 11.8 Å². The Bertz CT molecular complexity index is 653. The minimum atomic E-state index is -0.931. The molecule has 1 fully saturated rings. The molecular weight excluding hydrogens is 320 g/mol. The van der Waals surface area contributed by atoms with E-state index in [4.69, 9.17) is 0 Å². The molecular formula is C18H24N4OS. The van der Waals surface area contributed by atoms with E-state index in [2.05, 4.69) is 27.0 Å². The SMILES string of the molecule is CN(CC[S@](=O)c1ccccc1)[C@@H]1CCCN(c2cccnn2)C1. The summed E-state index contributed by atoms with van der Waals surface area (Å²) in [5.74, 6) is 1.62. The van der Waals surface area contributed by atoms with Gasteiger partial charge in [-0.2, -0.15) is 5.10 Å². The second-order valence-corrected chi connectivity index (χ2v) is 7.74. The highest BCUT2D eigenvalue weighted by molar-refractivity contribution is 7.85. The number of hydrogen-bond acceptors (Lipinski definition) is 5. The van der Waals surface area contributed by atoms with Crippen LogP contribution >= 0.6 is 0 Å². The van der Waals surface area contributed by atoms with E-state index < -0.39 is 10.8 Å². The van der Waals surface area contributed by atoms with Gasteiger partial charge in [0.05, 0.1) is 10.8 Å². The predicted octanol–water partition coefficient (Wildman–Crippen LogP) is 2.19. The maximum absolute atomic E-state index is 12.4. The summed E-state index contributed by atoms with van der Waals surface area (Å²) >= 11 is 0. The fraction of sp³-hybridized carbons (Fsp3) is 0.444. The van der Waals surface area contributed by atoms with Gasteiger partial charge in [-0.3, -0.25) is 4.21 Å². The van der Waals surface area contributed by atoms with Crippen molar-refractivity contribution < 1.29 is 4.21 Å². The summed E-state index contributed by atoms with van der Waals surface area (Å²) in [5.41, 5.74) is 0. The Balaban J connectivity index is 1.53. The molecule has 1 aliphatic rings. The highest BCUT2D eigenvalue weighted by atomic mass is 32.2. The number of piperidine rings is 1. The fourth-order valence-corrected chi connectivity index (χ4v) is 4.23. The number of rotatable bonds is 6. The van der Waals surface area contributed by atoms with Crippen molar-refractivity contribution in [3.63, 3.8) is 0 Å². The predicted molar refractivity (Wildman–Crippen MR) is 97.6 cm³/mol. The molecule has 6 heteroatoms. The molecule has 0 amide bonds. The molecule has 0 aliphatic carbocycles. The Morgan fingerprint density at radius 2 is 2.08 bits per heavy atom. The Labute approximate surface area is 146 Å². The quantitative estimate of drug-likeness (QED) is 0.804. The minimum absolute atomic E-state index is 0.466. The Kier molecular flexibility index (Phi) is 5.93. The standard InChI is InChI=1S/C18H24N4OS/c1-21(13-14-24(23)17-8-3-2-4-9-17)16-7-6-12-22(15-16)18-10-5-11-19-20-18/h2-5,8-11,16H,6-7,12-15H2,1H3/t16-,24+/m1/s1. The smallest absolute Gasteiger partial charge is 0.151 e. The van der Waals surface area contributed by atoms with Crippen LogP contribution in [-0.4, -0.2) is 57.8 Å². The first kappa shape index (κ1) is 17.0. The largest absolute Gasteiger partial charge is 0.354 e. The first-order valence-electron chi connectivity index (χ1n) is 8.40. The van der Waals surface area contributed by atoms with Crippen molar-refractivity contribution in [2.45, 2.75) is 23.8 Å². The summed E-state index contributed by atoms with van der Waals surface area (Å²) in [5, 5.41) is 8.20. The van der Waals surface area contributed by atoms with E-state index in [1.54, 1.807) is 6.20 Å². The van der Waals surface area contributed by atoms with Crippen LogP contribution in [0.2, 0.25) is 0 Å². The lowest BCUT2D eigenvalue weighted by atomic mass is 10.0. The lowest BCUT2D eigenvalue weighted by Gasteiger charge is -2.38. The van der Waals surface area contributed by atoms with Crippen LogP contribution in [0.1, 0.15) is 12.8 Å². The molecule has 0 radical (unpaired) electrons. The second-order valence-electron chi connectivity index (χ2n) is 6.17. The average Bonchev–Trinajstić information content (AvgIpc) is 2.67. The molecule has 1 aliphatic heterocycles. The number of aromatic nitrogens is 2. The van der Waals surface area contributed by atoms with Crippen molar-refractivity contribution in [3.8, 4) is 0 Å². The van der Waals surface area contributed by atoms with Crippen LogP contribution in [0.5, 0.6) is 0 Å². The van der Waals surface area contributed by atoms with Gasteiger partial charge in [0.2, 0.25) is 0 Å². The van der Waals surface area contributed by atoms with E-state index in [-0.39, 0.29) is 0 Å². The summed E-state index contributed by atoms with van der Waals surface area (Å²) in [4.78, 5) is 5.55. The molecule has 5 nitrogen and oxygen atoms in total. The summed E-state index contributed by atoms with van der Waals surface area (Å²) in [6, 6.07) is 14.1. The molecule has 2 heterocycles. The number of benzene rings is 1. The fourth-order valence-electron chi connectivity index (χ4n) is 3.08. The lowest BCUT2D eigenvalue weighted by Crippen LogP contribution is -2.47. The second kappa shape index (κ2) is 8.35. The summed E-state index contributed by atoms with van der Waals surface area (Å²) in [6.45, 7) is 2.81. The third-order valence-electron chi connectivity index (χ3n) is 4.54. The number of nitrogens with zero attached hydrogens (tertiary/aromatic N) is 4. The summed E-state index contributed by atoms with van der Waals surface area (Å²) in [6.07, 6.45) is 4.02. The topological polar surface area (TPSA) is 49.3 Å². The van der Waals surface area contributed by atoms with Crippen molar-refractivity contribution in [1.29, 1.82) is 0 Å². The van der Waals surface area contributed by atoms with Gasteiger partial charge < -0.3 is 9.80 Å². The molecule has 24 heavy (non-hydrogen) atoms. The van der Waals surface area contributed by atoms with Gasteiger partial charge in [0, 0.05) is 42.5 Å².